The average Bonchev–Trinajstić information content (AvgIpc) is 2.58. The molecule has 0 aliphatic carbocycles. The number of nitrogens with one attached hydrogen (secondary N) is 2. The Morgan fingerprint density at radius 1 is 1.00 bits per heavy atom. The van der Waals surface area contributed by atoms with Crippen LogP contribution < -0.4 is 10.9 Å². The molecule has 0 bridgehead atoms. The number of hydrazine groups is 1. The molecule has 0 aromatic heterocycles. The van der Waals surface area contributed by atoms with Gasteiger partial charge in [0.15, 0.2) is 0 Å². The molecule has 0 saturated heterocycles. The van der Waals surface area contributed by atoms with Gasteiger partial charge in [-0.15, -0.1) is 0 Å². The number of rotatable bonds is 5. The molecule has 1 atom stereocenters. The minimum absolute atomic E-state index is 0.112. The lowest BCUT2D eigenvalue weighted by molar-refractivity contribution is -0.123. The third kappa shape index (κ3) is 4.39. The van der Waals surface area contributed by atoms with Crippen LogP contribution in [0.2, 0.25) is 0 Å². The number of carbonyl (C=O) groups excluding carboxylic acids is 2. The van der Waals surface area contributed by atoms with E-state index in [0.29, 0.717) is 6.42 Å². The van der Waals surface area contributed by atoms with Crippen molar-refractivity contribution < 1.29 is 14.0 Å². The molecule has 2 aromatic rings. The van der Waals surface area contributed by atoms with Crippen LogP contribution in [0.15, 0.2) is 54.6 Å². The number of hydrogen-bond donors (Lipinski definition) is 2. The van der Waals surface area contributed by atoms with Crippen LogP contribution in [0.25, 0.3) is 0 Å². The maximum atomic E-state index is 13.5. The number of amides is 2. The van der Waals surface area contributed by atoms with E-state index in [1.165, 1.54) is 18.2 Å². The zero-order valence-electron chi connectivity index (χ0n) is 12.9. The van der Waals surface area contributed by atoms with Crippen molar-refractivity contribution in [3.8, 4) is 0 Å². The Hall–Kier alpha value is -2.69. The largest absolute Gasteiger partial charge is 0.273 e. The summed E-state index contributed by atoms with van der Waals surface area (Å²) in [6.07, 6.45) is 1.49. The second kappa shape index (κ2) is 8.08. The van der Waals surface area contributed by atoms with Crippen LogP contribution in [0.3, 0.4) is 0 Å². The molecule has 0 aliphatic rings. The molecule has 2 N–H and O–H groups in total. The van der Waals surface area contributed by atoms with E-state index in [1.54, 1.807) is 6.07 Å². The molecular formula is C18H19FN2O2. The van der Waals surface area contributed by atoms with Gasteiger partial charge in [0.25, 0.3) is 5.91 Å². The molecular weight excluding hydrogens is 295 g/mol. The summed E-state index contributed by atoms with van der Waals surface area (Å²) in [6, 6.07) is 15.0. The summed E-state index contributed by atoms with van der Waals surface area (Å²) in [7, 11) is 0. The molecule has 2 rings (SSSR count). The standard InChI is InChI=1S/C18H19FN2O2/c1-2-8-14(13-9-4-3-5-10-13)17(22)20-21-18(23)15-11-6-7-12-16(15)19/h3-7,9-12,14H,2,8H2,1H3,(H,20,22)(H,21,23)/t14-/m0/s1. The topological polar surface area (TPSA) is 58.2 Å². The Morgan fingerprint density at radius 3 is 2.30 bits per heavy atom. The van der Waals surface area contributed by atoms with Gasteiger partial charge in [-0.1, -0.05) is 55.8 Å². The highest BCUT2D eigenvalue weighted by Crippen LogP contribution is 2.21. The van der Waals surface area contributed by atoms with E-state index in [9.17, 15) is 14.0 Å². The predicted octanol–water partition coefficient (Wildman–Crippen LogP) is 3.17. The fraction of sp³-hybridized carbons (Fsp3) is 0.222. The Balaban J connectivity index is 2.02. The van der Waals surface area contributed by atoms with Crippen molar-refractivity contribution in [2.24, 2.45) is 0 Å². The number of benzene rings is 2. The summed E-state index contributed by atoms with van der Waals surface area (Å²) in [5.41, 5.74) is 5.43. The predicted molar refractivity (Wildman–Crippen MR) is 86.1 cm³/mol. The highest BCUT2D eigenvalue weighted by Gasteiger charge is 2.20. The molecule has 0 saturated carbocycles. The van der Waals surface area contributed by atoms with Gasteiger partial charge in [0.2, 0.25) is 5.91 Å². The van der Waals surface area contributed by atoms with Crippen LogP contribution in [0.4, 0.5) is 4.39 Å². The summed E-state index contributed by atoms with van der Waals surface area (Å²) in [6.45, 7) is 1.99. The van der Waals surface area contributed by atoms with Crippen molar-refractivity contribution >= 4 is 11.8 Å². The molecule has 0 spiro atoms. The lowest BCUT2D eigenvalue weighted by Gasteiger charge is -2.17. The lowest BCUT2D eigenvalue weighted by Crippen LogP contribution is -2.44. The van der Waals surface area contributed by atoms with Crippen LogP contribution in [-0.4, -0.2) is 11.8 Å². The smallest absolute Gasteiger partial charge is 0.272 e. The van der Waals surface area contributed by atoms with Gasteiger partial charge < -0.3 is 0 Å². The minimum atomic E-state index is -0.681. The fourth-order valence-corrected chi connectivity index (χ4v) is 2.34. The first kappa shape index (κ1) is 16.7. The second-order valence-corrected chi connectivity index (χ2v) is 5.18. The third-order valence-corrected chi connectivity index (χ3v) is 3.51. The maximum absolute atomic E-state index is 13.5. The highest BCUT2D eigenvalue weighted by atomic mass is 19.1. The first-order valence-corrected chi connectivity index (χ1v) is 7.53. The van der Waals surface area contributed by atoms with Gasteiger partial charge in [0.05, 0.1) is 11.5 Å². The van der Waals surface area contributed by atoms with Crippen molar-refractivity contribution in [3.05, 3.63) is 71.5 Å². The SMILES string of the molecule is CCC[C@H](C(=O)NNC(=O)c1ccccc1F)c1ccccc1. The Morgan fingerprint density at radius 2 is 1.65 bits per heavy atom. The minimum Gasteiger partial charge on any atom is -0.273 e. The Bertz CT molecular complexity index is 674. The van der Waals surface area contributed by atoms with Gasteiger partial charge in [0, 0.05) is 0 Å². The molecule has 0 radical (unpaired) electrons. The highest BCUT2D eigenvalue weighted by molar-refractivity contribution is 5.96. The summed E-state index contributed by atoms with van der Waals surface area (Å²) in [5, 5.41) is 0. The summed E-state index contributed by atoms with van der Waals surface area (Å²) >= 11 is 0. The van der Waals surface area contributed by atoms with E-state index in [4.69, 9.17) is 0 Å². The van der Waals surface area contributed by atoms with Crippen molar-refractivity contribution in [2.75, 3.05) is 0 Å². The van der Waals surface area contributed by atoms with Gasteiger partial charge in [-0.3, -0.25) is 20.4 Å². The Kier molecular flexibility index (Phi) is 5.86. The average molecular weight is 314 g/mol. The van der Waals surface area contributed by atoms with Crippen molar-refractivity contribution in [3.63, 3.8) is 0 Å². The summed E-state index contributed by atoms with van der Waals surface area (Å²) in [4.78, 5) is 24.3. The third-order valence-electron chi connectivity index (χ3n) is 3.51. The van der Waals surface area contributed by atoms with Crippen LogP contribution in [0.1, 0.15) is 41.6 Å². The monoisotopic (exact) mass is 314 g/mol. The summed E-state index contributed by atoms with van der Waals surface area (Å²) in [5.74, 6) is -1.99. The summed E-state index contributed by atoms with van der Waals surface area (Å²) < 4.78 is 13.5. The van der Waals surface area contributed by atoms with Crippen LogP contribution >= 0.6 is 0 Å². The number of carbonyl (C=O) groups is 2. The molecule has 4 nitrogen and oxygen atoms in total. The molecule has 5 heteroatoms. The quantitative estimate of drug-likeness (QED) is 0.833. The maximum Gasteiger partial charge on any atom is 0.272 e. The van der Waals surface area contributed by atoms with E-state index in [0.717, 1.165) is 12.0 Å². The van der Waals surface area contributed by atoms with Crippen LogP contribution in [-0.2, 0) is 4.79 Å². The number of halogens is 1. The Labute approximate surface area is 134 Å². The fourth-order valence-electron chi connectivity index (χ4n) is 2.34. The molecule has 0 heterocycles. The van der Waals surface area contributed by atoms with Gasteiger partial charge in [-0.2, -0.15) is 0 Å². The van der Waals surface area contributed by atoms with E-state index in [-0.39, 0.29) is 17.4 Å². The van der Waals surface area contributed by atoms with E-state index >= 15 is 0 Å². The number of hydrogen-bond acceptors (Lipinski definition) is 2. The normalized spacial score (nSPS) is 11.6. The van der Waals surface area contributed by atoms with Crippen molar-refractivity contribution in [1.29, 1.82) is 0 Å². The van der Waals surface area contributed by atoms with Gasteiger partial charge >= 0.3 is 0 Å². The zero-order chi connectivity index (χ0) is 16.7. The van der Waals surface area contributed by atoms with E-state index in [1.807, 2.05) is 37.3 Å². The van der Waals surface area contributed by atoms with Gasteiger partial charge in [0.1, 0.15) is 5.82 Å². The molecule has 0 unspecified atom stereocenters. The second-order valence-electron chi connectivity index (χ2n) is 5.18. The van der Waals surface area contributed by atoms with Gasteiger partial charge in [-0.05, 0) is 24.1 Å². The van der Waals surface area contributed by atoms with Crippen molar-refractivity contribution in [1.82, 2.24) is 10.9 Å². The first-order valence-electron chi connectivity index (χ1n) is 7.53. The molecule has 2 amide bonds. The zero-order valence-corrected chi connectivity index (χ0v) is 12.9. The molecule has 120 valence electrons. The van der Waals surface area contributed by atoms with E-state index in [2.05, 4.69) is 10.9 Å². The first-order chi connectivity index (χ1) is 11.1. The van der Waals surface area contributed by atoms with Crippen LogP contribution in [0, 0.1) is 5.82 Å². The van der Waals surface area contributed by atoms with E-state index < -0.39 is 11.7 Å². The van der Waals surface area contributed by atoms with Crippen LogP contribution in [0.5, 0.6) is 0 Å². The molecule has 0 aliphatic heterocycles. The van der Waals surface area contributed by atoms with Gasteiger partial charge in [-0.25, -0.2) is 4.39 Å². The lowest BCUT2D eigenvalue weighted by atomic mass is 9.94. The molecule has 2 aromatic carbocycles. The molecule has 23 heavy (non-hydrogen) atoms. The molecule has 0 fully saturated rings. The van der Waals surface area contributed by atoms with Crippen molar-refractivity contribution in [2.45, 2.75) is 25.7 Å².